The van der Waals surface area contributed by atoms with Crippen LogP contribution >= 0.6 is 0 Å². The Hall–Kier alpha value is -2.20. The average Bonchev–Trinajstić information content (AvgIpc) is 3.47. The Morgan fingerprint density at radius 1 is 1.07 bits per heavy atom. The van der Waals surface area contributed by atoms with E-state index in [-0.39, 0.29) is 5.75 Å². The van der Waals surface area contributed by atoms with E-state index in [4.69, 9.17) is 9.47 Å². The Balaban J connectivity index is 1.69. The van der Waals surface area contributed by atoms with Crippen molar-refractivity contribution in [3.05, 3.63) is 53.1 Å². The molecule has 2 aromatic rings. The normalized spacial score (nSPS) is 24.3. The van der Waals surface area contributed by atoms with Crippen molar-refractivity contribution in [2.45, 2.75) is 31.7 Å². The lowest BCUT2D eigenvalue weighted by atomic mass is 9.86. The summed E-state index contributed by atoms with van der Waals surface area (Å²) in [6, 6.07) is 12.8. The lowest BCUT2D eigenvalue weighted by Gasteiger charge is -2.46. The van der Waals surface area contributed by atoms with E-state index in [1.54, 1.807) is 14.2 Å². The number of fused-ring (bicyclic) bond motifs is 1. The molecule has 1 heterocycles. The first kappa shape index (κ1) is 18.2. The molecule has 4 nitrogen and oxygen atoms in total. The van der Waals surface area contributed by atoms with Crippen molar-refractivity contribution in [3.63, 3.8) is 0 Å². The largest absolute Gasteiger partial charge is 0.504 e. The maximum absolute atomic E-state index is 10.2. The molecule has 2 aromatic carbocycles. The predicted octanol–water partition coefficient (Wildman–Crippen LogP) is 4.11. The highest BCUT2D eigenvalue weighted by atomic mass is 16.5. The summed E-state index contributed by atoms with van der Waals surface area (Å²) in [5.41, 5.74) is 3.99. The Morgan fingerprint density at radius 3 is 2.56 bits per heavy atom. The van der Waals surface area contributed by atoms with E-state index in [2.05, 4.69) is 31.3 Å². The zero-order valence-electron chi connectivity index (χ0n) is 16.6. The molecule has 2 atom stereocenters. The molecular weight excluding hydrogens is 338 g/mol. The number of aromatic hydroxyl groups is 1. The molecule has 0 aromatic heterocycles. The number of phenolic OH excluding ortho intramolecular Hbond substituents is 1. The minimum Gasteiger partial charge on any atom is -0.504 e. The summed E-state index contributed by atoms with van der Waals surface area (Å²) in [5.74, 6) is 2.56. The zero-order chi connectivity index (χ0) is 19.0. The lowest BCUT2D eigenvalue weighted by Crippen LogP contribution is -2.53. The molecule has 0 amide bonds. The zero-order valence-corrected chi connectivity index (χ0v) is 16.6. The third-order valence-electron chi connectivity index (χ3n) is 6.40. The topological polar surface area (TPSA) is 38.7 Å². The quantitative estimate of drug-likeness (QED) is 0.780. The molecule has 1 aliphatic carbocycles. The van der Waals surface area contributed by atoms with Gasteiger partial charge in [-0.15, -0.1) is 0 Å². The number of rotatable bonds is 6. The molecule has 144 valence electrons. The molecule has 1 saturated carbocycles. The fraction of sp³-hybridized carbons (Fsp3) is 0.478. The van der Waals surface area contributed by atoms with Crippen LogP contribution in [-0.2, 0) is 12.8 Å². The van der Waals surface area contributed by atoms with Crippen molar-refractivity contribution in [1.82, 2.24) is 0 Å². The molecular formula is C23H30NO3+. The third kappa shape index (κ3) is 3.63. The predicted molar refractivity (Wildman–Crippen MR) is 106 cm³/mol. The molecule has 1 N–H and O–H groups in total. The molecule has 0 unspecified atom stereocenters. The molecule has 0 bridgehead atoms. The van der Waals surface area contributed by atoms with Crippen LogP contribution in [0.2, 0.25) is 0 Å². The molecule has 0 radical (unpaired) electrons. The van der Waals surface area contributed by atoms with Crippen molar-refractivity contribution in [2.75, 3.05) is 34.4 Å². The molecule has 4 rings (SSSR count). The van der Waals surface area contributed by atoms with Crippen LogP contribution in [0, 0.1) is 5.92 Å². The molecule has 27 heavy (non-hydrogen) atoms. The van der Waals surface area contributed by atoms with Crippen LogP contribution in [0.4, 0.5) is 0 Å². The van der Waals surface area contributed by atoms with E-state index in [9.17, 15) is 5.11 Å². The first-order valence-electron chi connectivity index (χ1n) is 9.89. The van der Waals surface area contributed by atoms with Gasteiger partial charge < -0.3 is 19.1 Å². The van der Waals surface area contributed by atoms with Crippen molar-refractivity contribution >= 4 is 0 Å². The van der Waals surface area contributed by atoms with Crippen LogP contribution in [-0.4, -0.2) is 43.9 Å². The molecule has 4 heteroatoms. The van der Waals surface area contributed by atoms with Gasteiger partial charge in [0.05, 0.1) is 34.4 Å². The van der Waals surface area contributed by atoms with E-state index in [0.29, 0.717) is 11.8 Å². The number of quaternary nitrogens is 1. The maximum atomic E-state index is 10.2. The summed E-state index contributed by atoms with van der Waals surface area (Å²) in [7, 11) is 5.73. The summed E-state index contributed by atoms with van der Waals surface area (Å²) >= 11 is 0. The van der Waals surface area contributed by atoms with Gasteiger partial charge in [-0.1, -0.05) is 6.07 Å². The molecule has 0 spiro atoms. The van der Waals surface area contributed by atoms with Gasteiger partial charge in [-0.2, -0.15) is 0 Å². The summed E-state index contributed by atoms with van der Waals surface area (Å²) in [6.07, 6.45) is 4.76. The second-order valence-corrected chi connectivity index (χ2v) is 8.37. The van der Waals surface area contributed by atoms with Gasteiger partial charge in [0, 0.05) is 24.3 Å². The van der Waals surface area contributed by atoms with Crippen LogP contribution in [0.15, 0.2) is 36.4 Å². The number of likely N-dealkylation sites (N-methyl/N-ethyl adjacent to an activating group) is 1. The highest BCUT2D eigenvalue weighted by molar-refractivity contribution is 5.43. The van der Waals surface area contributed by atoms with Crippen LogP contribution in [0.3, 0.4) is 0 Å². The summed E-state index contributed by atoms with van der Waals surface area (Å²) < 4.78 is 11.7. The summed E-state index contributed by atoms with van der Waals surface area (Å²) in [6.45, 7) is 2.40. The van der Waals surface area contributed by atoms with Crippen LogP contribution < -0.4 is 9.47 Å². The van der Waals surface area contributed by atoms with Gasteiger partial charge in [0.25, 0.3) is 0 Å². The van der Waals surface area contributed by atoms with Crippen molar-refractivity contribution in [1.29, 1.82) is 0 Å². The molecule has 2 aliphatic rings. The maximum Gasteiger partial charge on any atom is 0.160 e. The first-order chi connectivity index (χ1) is 13.0. The van der Waals surface area contributed by atoms with Crippen molar-refractivity contribution in [3.8, 4) is 17.2 Å². The van der Waals surface area contributed by atoms with E-state index in [1.807, 2.05) is 12.1 Å². The van der Waals surface area contributed by atoms with Crippen LogP contribution in [0.1, 0.15) is 35.6 Å². The average molecular weight is 368 g/mol. The highest BCUT2D eigenvalue weighted by Gasteiger charge is 2.42. The van der Waals surface area contributed by atoms with Crippen molar-refractivity contribution in [2.24, 2.45) is 5.92 Å². The Bertz CT molecular complexity index is 830. The second kappa shape index (κ2) is 7.08. The fourth-order valence-corrected chi connectivity index (χ4v) is 4.64. The van der Waals surface area contributed by atoms with E-state index < -0.39 is 0 Å². The first-order valence-corrected chi connectivity index (χ1v) is 9.89. The Kier molecular flexibility index (Phi) is 4.77. The number of hydrogen-bond acceptors (Lipinski definition) is 3. The number of methoxy groups -OCH3 is 2. The molecule has 1 aliphatic heterocycles. The summed E-state index contributed by atoms with van der Waals surface area (Å²) in [4.78, 5) is 0. The number of ether oxygens (including phenoxy) is 2. The standard InChI is InChI=1S/C23H29NO3/c1-24(15-16-4-5-16)11-10-18-14-19(26-2)7-8-20(18)21(24)12-17-6-9-23(27-3)22(25)13-17/h6-9,13-14,16,21H,4-5,10-12,15H2,1-3H3/p+1/t21-,24-/m1/s1. The monoisotopic (exact) mass is 368 g/mol. The van der Waals surface area contributed by atoms with Gasteiger partial charge in [0.15, 0.2) is 11.5 Å². The molecule has 0 saturated heterocycles. The van der Waals surface area contributed by atoms with E-state index in [1.165, 1.54) is 30.5 Å². The van der Waals surface area contributed by atoms with E-state index >= 15 is 0 Å². The number of benzene rings is 2. The SMILES string of the molecule is COc1ccc2c(c1)CC[N@+](C)(CC1CC1)[C@@H]2Cc1ccc(OC)c(O)c1. The Morgan fingerprint density at radius 2 is 1.89 bits per heavy atom. The number of hydrogen-bond donors (Lipinski definition) is 1. The fourth-order valence-electron chi connectivity index (χ4n) is 4.64. The number of phenols is 1. The van der Waals surface area contributed by atoms with Gasteiger partial charge >= 0.3 is 0 Å². The third-order valence-corrected chi connectivity index (χ3v) is 6.40. The van der Waals surface area contributed by atoms with Gasteiger partial charge in [-0.3, -0.25) is 0 Å². The van der Waals surface area contributed by atoms with Gasteiger partial charge in [0.2, 0.25) is 0 Å². The van der Waals surface area contributed by atoms with Gasteiger partial charge in [-0.25, -0.2) is 0 Å². The summed E-state index contributed by atoms with van der Waals surface area (Å²) in [5, 5.41) is 10.2. The highest BCUT2D eigenvalue weighted by Crippen LogP contribution is 2.43. The smallest absolute Gasteiger partial charge is 0.160 e. The van der Waals surface area contributed by atoms with Crippen LogP contribution in [0.5, 0.6) is 17.2 Å². The lowest BCUT2D eigenvalue weighted by molar-refractivity contribution is -0.943. The second-order valence-electron chi connectivity index (χ2n) is 8.37. The van der Waals surface area contributed by atoms with Gasteiger partial charge in [-0.05, 0) is 54.3 Å². The minimum absolute atomic E-state index is 0.220. The number of nitrogens with zero attached hydrogens (tertiary/aromatic N) is 1. The Labute approximate surface area is 161 Å². The van der Waals surface area contributed by atoms with Gasteiger partial charge in [0.1, 0.15) is 11.8 Å². The molecule has 1 fully saturated rings. The van der Waals surface area contributed by atoms with E-state index in [0.717, 1.165) is 41.1 Å². The van der Waals surface area contributed by atoms with Crippen LogP contribution in [0.25, 0.3) is 0 Å². The van der Waals surface area contributed by atoms with Crippen molar-refractivity contribution < 1.29 is 19.1 Å². The minimum atomic E-state index is 0.220.